The molecular weight excluding hydrogens is 286 g/mol. The maximum absolute atomic E-state index is 5.46. The molecule has 0 amide bonds. The van der Waals surface area contributed by atoms with Crippen molar-refractivity contribution in [2.75, 3.05) is 14.2 Å². The van der Waals surface area contributed by atoms with Crippen molar-refractivity contribution in [2.24, 2.45) is 0 Å². The largest absolute Gasteiger partial charge is 0.493 e. The van der Waals surface area contributed by atoms with Crippen molar-refractivity contribution in [3.05, 3.63) is 54.1 Å². The first-order chi connectivity index (χ1) is 11.3. The molecule has 1 saturated carbocycles. The molecule has 1 aliphatic carbocycles. The van der Waals surface area contributed by atoms with Crippen molar-refractivity contribution in [3.63, 3.8) is 0 Å². The smallest absolute Gasteiger partial charge is 0.162 e. The topological polar surface area (TPSA) is 31.4 Å². The highest BCUT2D eigenvalue weighted by Gasteiger charge is 2.27. The lowest BCUT2D eigenvalue weighted by molar-refractivity contribution is 0.356. The zero-order valence-electron chi connectivity index (χ0n) is 13.4. The van der Waals surface area contributed by atoms with Crippen LogP contribution < -0.4 is 9.47 Å². The molecule has 0 radical (unpaired) electrons. The molecule has 0 atom stereocenters. The third kappa shape index (κ3) is 2.52. The second kappa shape index (κ2) is 5.58. The third-order valence-electron chi connectivity index (χ3n) is 4.43. The molecule has 0 aliphatic heterocycles. The summed E-state index contributed by atoms with van der Waals surface area (Å²) in [4.78, 5) is 4.86. The van der Waals surface area contributed by atoms with Gasteiger partial charge in [-0.25, -0.2) is 4.98 Å². The Morgan fingerprint density at radius 2 is 1.61 bits per heavy atom. The highest BCUT2D eigenvalue weighted by molar-refractivity contribution is 5.89. The summed E-state index contributed by atoms with van der Waals surface area (Å²) < 4.78 is 10.9. The van der Waals surface area contributed by atoms with Crippen molar-refractivity contribution in [3.8, 4) is 22.8 Å². The highest BCUT2D eigenvalue weighted by Crippen LogP contribution is 2.45. The lowest BCUT2D eigenvalue weighted by Crippen LogP contribution is -1.95. The average molecular weight is 305 g/mol. The van der Waals surface area contributed by atoms with E-state index in [1.165, 1.54) is 23.8 Å². The SMILES string of the molecule is COc1cc2nc(-c3ccccc3)cc(C3CC3)c2cc1OC. The number of rotatable bonds is 4. The van der Waals surface area contributed by atoms with Crippen LogP contribution in [-0.2, 0) is 0 Å². The second-order valence-electron chi connectivity index (χ2n) is 5.96. The first-order valence-corrected chi connectivity index (χ1v) is 7.92. The molecule has 23 heavy (non-hydrogen) atoms. The van der Waals surface area contributed by atoms with E-state index in [0.29, 0.717) is 5.92 Å². The van der Waals surface area contributed by atoms with Crippen molar-refractivity contribution < 1.29 is 9.47 Å². The van der Waals surface area contributed by atoms with Gasteiger partial charge in [0, 0.05) is 17.0 Å². The Balaban J connectivity index is 1.97. The van der Waals surface area contributed by atoms with E-state index in [4.69, 9.17) is 14.5 Å². The minimum absolute atomic E-state index is 0.640. The maximum atomic E-state index is 5.46. The fourth-order valence-electron chi connectivity index (χ4n) is 3.07. The number of methoxy groups -OCH3 is 2. The minimum atomic E-state index is 0.640. The first-order valence-electron chi connectivity index (χ1n) is 7.92. The van der Waals surface area contributed by atoms with E-state index >= 15 is 0 Å². The summed E-state index contributed by atoms with van der Waals surface area (Å²) in [5, 5.41) is 1.17. The summed E-state index contributed by atoms with van der Waals surface area (Å²) in [6.45, 7) is 0. The number of fused-ring (bicyclic) bond motifs is 1. The molecule has 3 aromatic rings. The summed E-state index contributed by atoms with van der Waals surface area (Å²) in [5.74, 6) is 2.12. The summed E-state index contributed by atoms with van der Waals surface area (Å²) in [6.07, 6.45) is 2.50. The summed E-state index contributed by atoms with van der Waals surface area (Å²) in [7, 11) is 3.33. The van der Waals surface area contributed by atoms with Gasteiger partial charge in [-0.2, -0.15) is 0 Å². The van der Waals surface area contributed by atoms with Gasteiger partial charge in [0.05, 0.1) is 25.4 Å². The van der Waals surface area contributed by atoms with Gasteiger partial charge >= 0.3 is 0 Å². The van der Waals surface area contributed by atoms with Crippen molar-refractivity contribution >= 4 is 10.9 Å². The second-order valence-corrected chi connectivity index (χ2v) is 5.96. The molecule has 116 valence electrons. The number of benzene rings is 2. The van der Waals surface area contributed by atoms with Crippen LogP contribution in [0, 0.1) is 0 Å². The Morgan fingerprint density at radius 1 is 0.913 bits per heavy atom. The standard InChI is InChI=1S/C20H19NO2/c1-22-19-11-16-15(13-8-9-13)10-17(14-6-4-3-5-7-14)21-18(16)12-20(19)23-2/h3-7,10-13H,8-9H2,1-2H3. The van der Waals surface area contributed by atoms with Gasteiger partial charge in [0.15, 0.2) is 11.5 Å². The molecule has 0 N–H and O–H groups in total. The van der Waals surface area contributed by atoms with Crippen molar-refractivity contribution in [2.45, 2.75) is 18.8 Å². The molecule has 1 aromatic heterocycles. The van der Waals surface area contributed by atoms with E-state index in [9.17, 15) is 0 Å². The average Bonchev–Trinajstić information content (AvgIpc) is 3.45. The van der Waals surface area contributed by atoms with Crippen LogP contribution in [0.5, 0.6) is 11.5 Å². The normalized spacial score (nSPS) is 14.0. The predicted octanol–water partition coefficient (Wildman–Crippen LogP) is 4.80. The fourth-order valence-corrected chi connectivity index (χ4v) is 3.07. The van der Waals surface area contributed by atoms with Gasteiger partial charge in [-0.15, -0.1) is 0 Å². The first kappa shape index (κ1) is 14.1. The summed E-state index contributed by atoms with van der Waals surface area (Å²) in [6, 6.07) is 16.6. The number of hydrogen-bond acceptors (Lipinski definition) is 3. The van der Waals surface area contributed by atoms with Crippen LogP contribution in [-0.4, -0.2) is 19.2 Å². The van der Waals surface area contributed by atoms with Crippen LogP contribution in [0.3, 0.4) is 0 Å². The molecule has 0 bridgehead atoms. The minimum Gasteiger partial charge on any atom is -0.493 e. The number of pyridine rings is 1. The number of nitrogens with zero attached hydrogens (tertiary/aromatic N) is 1. The van der Waals surface area contributed by atoms with E-state index in [2.05, 4.69) is 24.3 Å². The van der Waals surface area contributed by atoms with Gasteiger partial charge < -0.3 is 9.47 Å². The van der Waals surface area contributed by atoms with Gasteiger partial charge in [-0.05, 0) is 36.5 Å². The molecule has 0 unspecified atom stereocenters. The molecule has 0 saturated heterocycles. The van der Waals surface area contributed by atoms with Gasteiger partial charge in [0.2, 0.25) is 0 Å². The highest BCUT2D eigenvalue weighted by atomic mass is 16.5. The van der Waals surface area contributed by atoms with Crippen LogP contribution in [0.25, 0.3) is 22.2 Å². The Bertz CT molecular complexity index is 854. The summed E-state index contributed by atoms with van der Waals surface area (Å²) in [5.41, 5.74) is 4.50. The molecule has 1 aliphatic rings. The Labute approximate surface area is 135 Å². The van der Waals surface area contributed by atoms with E-state index in [-0.39, 0.29) is 0 Å². The molecule has 3 nitrogen and oxygen atoms in total. The molecule has 1 fully saturated rings. The van der Waals surface area contributed by atoms with E-state index in [0.717, 1.165) is 28.3 Å². The quantitative estimate of drug-likeness (QED) is 0.694. The van der Waals surface area contributed by atoms with Gasteiger partial charge in [0.25, 0.3) is 0 Å². The molecule has 1 heterocycles. The van der Waals surface area contributed by atoms with Crippen molar-refractivity contribution in [1.29, 1.82) is 0 Å². The number of hydrogen-bond donors (Lipinski definition) is 0. The van der Waals surface area contributed by atoms with Crippen LogP contribution in [0.4, 0.5) is 0 Å². The zero-order chi connectivity index (χ0) is 15.8. The zero-order valence-corrected chi connectivity index (χ0v) is 13.4. The number of aromatic nitrogens is 1. The molecule has 0 spiro atoms. The Kier molecular flexibility index (Phi) is 3.41. The molecule has 4 rings (SSSR count). The van der Waals surface area contributed by atoms with E-state index in [1.807, 2.05) is 24.3 Å². The maximum Gasteiger partial charge on any atom is 0.162 e. The Morgan fingerprint density at radius 3 is 2.26 bits per heavy atom. The van der Waals surface area contributed by atoms with Gasteiger partial charge in [-0.1, -0.05) is 30.3 Å². The van der Waals surface area contributed by atoms with Crippen LogP contribution in [0.1, 0.15) is 24.3 Å². The van der Waals surface area contributed by atoms with Gasteiger partial charge in [0.1, 0.15) is 0 Å². The number of ether oxygens (including phenoxy) is 2. The lowest BCUT2D eigenvalue weighted by atomic mass is 10.0. The lowest BCUT2D eigenvalue weighted by Gasteiger charge is -2.13. The summed E-state index contributed by atoms with van der Waals surface area (Å²) >= 11 is 0. The fraction of sp³-hybridized carbons (Fsp3) is 0.250. The Hall–Kier alpha value is -2.55. The monoisotopic (exact) mass is 305 g/mol. The van der Waals surface area contributed by atoms with E-state index < -0.39 is 0 Å². The third-order valence-corrected chi connectivity index (χ3v) is 4.43. The molecule has 2 aromatic carbocycles. The predicted molar refractivity (Wildman–Crippen MR) is 92.3 cm³/mol. The van der Waals surface area contributed by atoms with Gasteiger partial charge in [-0.3, -0.25) is 0 Å². The van der Waals surface area contributed by atoms with Crippen molar-refractivity contribution in [1.82, 2.24) is 4.98 Å². The van der Waals surface area contributed by atoms with Crippen LogP contribution >= 0.6 is 0 Å². The molecule has 3 heteroatoms. The molecular formula is C20H19NO2. The van der Waals surface area contributed by atoms with Crippen LogP contribution in [0.15, 0.2) is 48.5 Å². The van der Waals surface area contributed by atoms with E-state index in [1.54, 1.807) is 14.2 Å². The van der Waals surface area contributed by atoms with Crippen LogP contribution in [0.2, 0.25) is 0 Å².